The smallest absolute Gasteiger partial charge is 0.257 e. The number of carbonyl (C=O) groups is 1. The molecule has 1 amide bonds. The van der Waals surface area contributed by atoms with Crippen LogP contribution in [0.1, 0.15) is 36.5 Å². The summed E-state index contributed by atoms with van der Waals surface area (Å²) in [5.41, 5.74) is 6.28. The van der Waals surface area contributed by atoms with Crippen LogP contribution in [0.15, 0.2) is 18.2 Å². The van der Waals surface area contributed by atoms with Crippen molar-refractivity contribution in [1.82, 2.24) is 4.90 Å². The van der Waals surface area contributed by atoms with E-state index in [0.717, 1.165) is 19.3 Å². The normalized spacial score (nSPS) is 20.6. The Morgan fingerprint density at radius 2 is 2.25 bits per heavy atom. The van der Waals surface area contributed by atoms with Crippen molar-refractivity contribution < 1.29 is 14.6 Å². The summed E-state index contributed by atoms with van der Waals surface area (Å²) in [7, 11) is 1.52. The Hall–Kier alpha value is -1.75. The van der Waals surface area contributed by atoms with E-state index in [1.165, 1.54) is 13.2 Å². The lowest BCUT2D eigenvalue weighted by molar-refractivity contribution is 0.0581. The van der Waals surface area contributed by atoms with Crippen LogP contribution >= 0.6 is 0 Å². The highest BCUT2D eigenvalue weighted by molar-refractivity contribution is 5.97. The van der Waals surface area contributed by atoms with E-state index in [0.29, 0.717) is 17.9 Å². The average molecular weight is 278 g/mol. The molecule has 5 heteroatoms. The van der Waals surface area contributed by atoms with Crippen LogP contribution in [-0.4, -0.2) is 41.7 Å². The Balaban J connectivity index is 2.25. The van der Waals surface area contributed by atoms with Crippen LogP contribution in [0.3, 0.4) is 0 Å². The van der Waals surface area contributed by atoms with E-state index in [4.69, 9.17) is 10.5 Å². The molecule has 1 aromatic carbocycles. The number of nitrogens with zero attached hydrogens (tertiary/aromatic N) is 1. The zero-order valence-corrected chi connectivity index (χ0v) is 12.0. The monoisotopic (exact) mass is 278 g/mol. The minimum Gasteiger partial charge on any atom is -0.507 e. The number of methoxy groups -OCH3 is 1. The second-order valence-corrected chi connectivity index (χ2v) is 5.30. The second-order valence-electron chi connectivity index (χ2n) is 5.30. The number of carbonyl (C=O) groups excluding carboxylic acids is 1. The maximum absolute atomic E-state index is 12.6. The molecule has 0 saturated carbocycles. The molecule has 0 aromatic heterocycles. The van der Waals surface area contributed by atoms with Gasteiger partial charge in [-0.25, -0.2) is 0 Å². The number of hydrogen-bond donors (Lipinski definition) is 2. The standard InChI is InChI=1S/C15H22N2O3/c1-10(16)13-5-3-4-8-17(13)15(19)12-7-6-11(20-2)9-14(12)18/h6-7,9-10,13,18H,3-5,8,16H2,1-2H3. The van der Waals surface area contributed by atoms with Gasteiger partial charge in [0.25, 0.3) is 5.91 Å². The fraction of sp³-hybridized carbons (Fsp3) is 0.533. The molecule has 0 aliphatic carbocycles. The summed E-state index contributed by atoms with van der Waals surface area (Å²) in [6.07, 6.45) is 2.98. The van der Waals surface area contributed by atoms with Crippen LogP contribution in [0.5, 0.6) is 11.5 Å². The number of hydrogen-bond acceptors (Lipinski definition) is 4. The Morgan fingerprint density at radius 1 is 1.50 bits per heavy atom. The van der Waals surface area contributed by atoms with Crippen molar-refractivity contribution in [3.05, 3.63) is 23.8 Å². The number of ether oxygens (including phenoxy) is 1. The number of benzene rings is 1. The number of amides is 1. The first-order valence-corrected chi connectivity index (χ1v) is 6.98. The summed E-state index contributed by atoms with van der Waals surface area (Å²) in [5.74, 6) is 0.317. The molecule has 3 N–H and O–H groups in total. The van der Waals surface area contributed by atoms with Crippen LogP contribution in [0.4, 0.5) is 0 Å². The minimum atomic E-state index is -0.160. The van der Waals surface area contributed by atoms with Gasteiger partial charge in [0.05, 0.1) is 12.7 Å². The third-order valence-electron chi connectivity index (χ3n) is 3.85. The lowest BCUT2D eigenvalue weighted by Crippen LogP contribution is -2.51. The summed E-state index contributed by atoms with van der Waals surface area (Å²) in [5, 5.41) is 9.99. The molecule has 1 aromatic rings. The Morgan fingerprint density at radius 3 is 2.85 bits per heavy atom. The lowest BCUT2D eigenvalue weighted by atomic mass is 9.96. The summed E-state index contributed by atoms with van der Waals surface area (Å²) in [6.45, 7) is 2.61. The van der Waals surface area contributed by atoms with E-state index >= 15 is 0 Å². The number of aromatic hydroxyl groups is 1. The first-order chi connectivity index (χ1) is 9.54. The summed E-state index contributed by atoms with van der Waals surface area (Å²) in [4.78, 5) is 14.4. The quantitative estimate of drug-likeness (QED) is 0.883. The summed E-state index contributed by atoms with van der Waals surface area (Å²) in [6, 6.07) is 4.71. The molecule has 110 valence electrons. The van der Waals surface area contributed by atoms with Crippen LogP contribution in [0.25, 0.3) is 0 Å². The van der Waals surface area contributed by atoms with Gasteiger partial charge in [0.15, 0.2) is 0 Å². The average Bonchev–Trinajstić information content (AvgIpc) is 2.46. The molecule has 1 fully saturated rings. The van der Waals surface area contributed by atoms with Crippen molar-refractivity contribution >= 4 is 5.91 Å². The van der Waals surface area contributed by atoms with Crippen LogP contribution in [0, 0.1) is 0 Å². The van der Waals surface area contributed by atoms with Gasteiger partial charge >= 0.3 is 0 Å². The zero-order chi connectivity index (χ0) is 14.7. The molecule has 1 aliphatic heterocycles. The molecule has 2 rings (SSSR count). The van der Waals surface area contributed by atoms with Gasteiger partial charge in [-0.2, -0.15) is 0 Å². The molecule has 0 bridgehead atoms. The van der Waals surface area contributed by atoms with Crippen molar-refractivity contribution in [3.8, 4) is 11.5 Å². The van der Waals surface area contributed by atoms with Gasteiger partial charge in [-0.1, -0.05) is 0 Å². The highest BCUT2D eigenvalue weighted by atomic mass is 16.5. The molecular weight excluding hydrogens is 256 g/mol. The first kappa shape index (κ1) is 14.7. The Bertz CT molecular complexity index is 488. The van der Waals surface area contributed by atoms with Crippen molar-refractivity contribution in [2.75, 3.05) is 13.7 Å². The lowest BCUT2D eigenvalue weighted by Gasteiger charge is -2.38. The number of phenols is 1. The second kappa shape index (κ2) is 6.13. The number of phenolic OH excluding ortho intramolecular Hbond substituents is 1. The molecule has 1 saturated heterocycles. The maximum Gasteiger partial charge on any atom is 0.257 e. The van der Waals surface area contributed by atoms with Gasteiger partial charge in [-0.05, 0) is 38.3 Å². The molecule has 0 spiro atoms. The van der Waals surface area contributed by atoms with E-state index in [1.807, 2.05) is 6.92 Å². The van der Waals surface area contributed by atoms with Gasteiger partial charge in [-0.3, -0.25) is 4.79 Å². The van der Waals surface area contributed by atoms with E-state index in [-0.39, 0.29) is 23.7 Å². The predicted molar refractivity (Wildman–Crippen MR) is 77.0 cm³/mol. The van der Waals surface area contributed by atoms with Crippen molar-refractivity contribution in [2.24, 2.45) is 5.73 Å². The number of likely N-dealkylation sites (tertiary alicyclic amines) is 1. The molecule has 2 unspecified atom stereocenters. The van der Waals surface area contributed by atoms with Crippen molar-refractivity contribution in [1.29, 1.82) is 0 Å². The molecule has 0 radical (unpaired) electrons. The van der Waals surface area contributed by atoms with E-state index in [1.54, 1.807) is 17.0 Å². The van der Waals surface area contributed by atoms with E-state index in [2.05, 4.69) is 0 Å². The third kappa shape index (κ3) is 2.88. The topological polar surface area (TPSA) is 75.8 Å². The van der Waals surface area contributed by atoms with E-state index in [9.17, 15) is 9.90 Å². The number of rotatable bonds is 3. The zero-order valence-electron chi connectivity index (χ0n) is 12.0. The predicted octanol–water partition coefficient (Wildman–Crippen LogP) is 1.74. The largest absolute Gasteiger partial charge is 0.507 e. The molecule has 20 heavy (non-hydrogen) atoms. The van der Waals surface area contributed by atoms with Crippen molar-refractivity contribution in [3.63, 3.8) is 0 Å². The Kier molecular flexibility index (Phi) is 4.49. The van der Waals surface area contributed by atoms with Crippen LogP contribution in [0.2, 0.25) is 0 Å². The first-order valence-electron chi connectivity index (χ1n) is 6.98. The summed E-state index contributed by atoms with van der Waals surface area (Å²) >= 11 is 0. The minimum absolute atomic E-state index is 0.0396. The van der Waals surface area contributed by atoms with Crippen molar-refractivity contribution in [2.45, 2.75) is 38.3 Å². The van der Waals surface area contributed by atoms with Crippen LogP contribution < -0.4 is 10.5 Å². The third-order valence-corrected chi connectivity index (χ3v) is 3.85. The maximum atomic E-state index is 12.6. The summed E-state index contributed by atoms with van der Waals surface area (Å²) < 4.78 is 5.03. The molecule has 1 heterocycles. The fourth-order valence-electron chi connectivity index (χ4n) is 2.73. The van der Waals surface area contributed by atoms with Gasteiger partial charge in [-0.15, -0.1) is 0 Å². The van der Waals surface area contributed by atoms with E-state index < -0.39 is 0 Å². The molecule has 1 aliphatic rings. The highest BCUT2D eigenvalue weighted by Gasteiger charge is 2.30. The van der Waals surface area contributed by atoms with Crippen LogP contribution in [-0.2, 0) is 0 Å². The number of nitrogens with two attached hydrogens (primary N) is 1. The highest BCUT2D eigenvalue weighted by Crippen LogP contribution is 2.27. The molecular formula is C15H22N2O3. The SMILES string of the molecule is COc1ccc(C(=O)N2CCCCC2C(C)N)c(O)c1. The molecule has 5 nitrogen and oxygen atoms in total. The Labute approximate surface area is 119 Å². The van der Waals surface area contributed by atoms with Gasteiger partial charge in [0.1, 0.15) is 11.5 Å². The van der Waals surface area contributed by atoms with Gasteiger partial charge in [0, 0.05) is 24.7 Å². The fourth-order valence-corrected chi connectivity index (χ4v) is 2.73. The number of piperidine rings is 1. The van der Waals surface area contributed by atoms with Gasteiger partial charge < -0.3 is 20.5 Å². The molecule has 2 atom stereocenters. The van der Waals surface area contributed by atoms with Gasteiger partial charge in [0.2, 0.25) is 0 Å².